The van der Waals surface area contributed by atoms with E-state index in [1.165, 1.54) is 0 Å². The van der Waals surface area contributed by atoms with Gasteiger partial charge in [0.25, 0.3) is 0 Å². The number of hydrogen-bond acceptors (Lipinski definition) is 3. The lowest BCUT2D eigenvalue weighted by molar-refractivity contribution is -0.171. The van der Waals surface area contributed by atoms with E-state index in [0.717, 1.165) is 10.9 Å². The molecule has 1 aromatic rings. The van der Waals surface area contributed by atoms with Crippen LogP contribution in [0.5, 0.6) is 0 Å². The van der Waals surface area contributed by atoms with Gasteiger partial charge in [-0.3, -0.25) is 0 Å². The summed E-state index contributed by atoms with van der Waals surface area (Å²) < 4.78 is 38.5. The molecule has 0 amide bonds. The third-order valence-electron chi connectivity index (χ3n) is 2.30. The number of nitrogens with one attached hydrogen (secondary N) is 1. The largest absolute Gasteiger partial charge is 0.410 e. The van der Waals surface area contributed by atoms with E-state index >= 15 is 0 Å². The van der Waals surface area contributed by atoms with Gasteiger partial charge >= 0.3 is 6.18 Å². The number of alkyl halides is 3. The Kier molecular flexibility index (Phi) is 2.07. The predicted octanol–water partition coefficient (Wildman–Crippen LogP) is 1.67. The van der Waals surface area contributed by atoms with Gasteiger partial charge in [-0.05, 0) is 6.42 Å². The molecule has 1 N–H and O–H groups in total. The number of aromatic nitrogens is 2. The Hall–Kier alpha value is -1.71. The Morgan fingerprint density at radius 1 is 1.60 bits per heavy atom. The summed E-state index contributed by atoms with van der Waals surface area (Å²) in [5, 5.41) is 15.0. The topological polar surface area (TPSA) is 53.6 Å². The molecule has 0 spiro atoms. The number of anilines is 1. The number of nitriles is 1. The molecule has 0 aromatic carbocycles. The molecule has 1 aliphatic heterocycles. The molecule has 0 bridgehead atoms. The van der Waals surface area contributed by atoms with Gasteiger partial charge in [-0.1, -0.05) is 0 Å². The maximum atomic E-state index is 12.6. The van der Waals surface area contributed by atoms with Gasteiger partial charge in [0.2, 0.25) is 0 Å². The third-order valence-corrected chi connectivity index (χ3v) is 2.30. The first-order chi connectivity index (χ1) is 7.04. The molecule has 7 heteroatoms. The van der Waals surface area contributed by atoms with Crippen molar-refractivity contribution in [3.63, 3.8) is 0 Å². The van der Waals surface area contributed by atoms with Gasteiger partial charge in [-0.15, -0.1) is 0 Å². The van der Waals surface area contributed by atoms with Gasteiger partial charge in [0.15, 0.2) is 6.04 Å². The maximum Gasteiger partial charge on any atom is 0.410 e. The average molecular weight is 216 g/mol. The fraction of sp³-hybridized carbons (Fsp3) is 0.500. The zero-order valence-electron chi connectivity index (χ0n) is 7.54. The Morgan fingerprint density at radius 3 is 2.93 bits per heavy atom. The molecule has 0 saturated heterocycles. The summed E-state index contributed by atoms with van der Waals surface area (Å²) in [7, 11) is 0. The van der Waals surface area contributed by atoms with E-state index in [0.29, 0.717) is 0 Å². The minimum Gasteiger partial charge on any atom is -0.369 e. The van der Waals surface area contributed by atoms with Crippen molar-refractivity contribution in [2.75, 3.05) is 11.9 Å². The van der Waals surface area contributed by atoms with Crippen LogP contribution in [0.15, 0.2) is 6.20 Å². The first kappa shape index (κ1) is 9.83. The van der Waals surface area contributed by atoms with Crippen molar-refractivity contribution >= 4 is 5.82 Å². The van der Waals surface area contributed by atoms with Crippen molar-refractivity contribution < 1.29 is 13.2 Å². The molecule has 80 valence electrons. The molecule has 1 atom stereocenters. The van der Waals surface area contributed by atoms with Gasteiger partial charge in [-0.2, -0.15) is 23.5 Å². The van der Waals surface area contributed by atoms with Crippen molar-refractivity contribution in [1.82, 2.24) is 9.78 Å². The minimum atomic E-state index is -4.32. The molecule has 1 unspecified atom stereocenters. The number of hydrogen-bond donors (Lipinski definition) is 1. The monoisotopic (exact) mass is 216 g/mol. The normalized spacial score (nSPS) is 20.3. The Balaban J connectivity index is 2.45. The average Bonchev–Trinajstić information content (AvgIpc) is 2.58. The van der Waals surface area contributed by atoms with E-state index < -0.39 is 12.2 Å². The van der Waals surface area contributed by atoms with Crippen molar-refractivity contribution in [2.45, 2.75) is 18.6 Å². The number of fused-ring (bicyclic) bond motifs is 1. The van der Waals surface area contributed by atoms with Crippen LogP contribution >= 0.6 is 0 Å². The number of rotatable bonds is 0. The summed E-state index contributed by atoms with van der Waals surface area (Å²) in [6.07, 6.45) is -3.25. The SMILES string of the molecule is N#Cc1cnn2c1NCCC2C(F)(F)F. The lowest BCUT2D eigenvalue weighted by Crippen LogP contribution is -2.34. The van der Waals surface area contributed by atoms with Crippen molar-refractivity contribution in [2.24, 2.45) is 0 Å². The summed E-state index contributed by atoms with van der Waals surface area (Å²) in [5.41, 5.74) is 0.143. The molecule has 15 heavy (non-hydrogen) atoms. The second-order valence-electron chi connectivity index (χ2n) is 3.24. The van der Waals surface area contributed by atoms with E-state index in [4.69, 9.17) is 5.26 Å². The highest BCUT2D eigenvalue weighted by molar-refractivity contribution is 5.52. The molecule has 1 aromatic heterocycles. The minimum absolute atomic E-state index is 0.0664. The van der Waals surface area contributed by atoms with Crippen LogP contribution in [0.1, 0.15) is 18.0 Å². The zero-order valence-corrected chi connectivity index (χ0v) is 7.54. The fourth-order valence-electron chi connectivity index (χ4n) is 1.61. The molecule has 1 aliphatic rings. The molecular formula is C8H7F3N4. The van der Waals surface area contributed by atoms with Crippen molar-refractivity contribution in [3.8, 4) is 6.07 Å². The molecule has 0 fully saturated rings. The van der Waals surface area contributed by atoms with Gasteiger partial charge in [0, 0.05) is 6.54 Å². The zero-order chi connectivity index (χ0) is 11.1. The summed E-state index contributed by atoms with van der Waals surface area (Å²) in [5.74, 6) is 0.158. The second-order valence-corrected chi connectivity index (χ2v) is 3.24. The fourth-order valence-corrected chi connectivity index (χ4v) is 1.61. The van der Waals surface area contributed by atoms with E-state index in [2.05, 4.69) is 10.4 Å². The molecule has 2 rings (SSSR count). The molecule has 4 nitrogen and oxygen atoms in total. The molecule has 0 aliphatic carbocycles. The first-order valence-electron chi connectivity index (χ1n) is 4.32. The van der Waals surface area contributed by atoms with E-state index in [1.807, 2.05) is 0 Å². The van der Waals surface area contributed by atoms with Gasteiger partial charge in [-0.25, -0.2) is 4.68 Å². The van der Waals surface area contributed by atoms with Gasteiger partial charge < -0.3 is 5.32 Å². The van der Waals surface area contributed by atoms with E-state index in [1.54, 1.807) is 6.07 Å². The highest BCUT2D eigenvalue weighted by Crippen LogP contribution is 2.37. The quantitative estimate of drug-likeness (QED) is 0.717. The smallest absolute Gasteiger partial charge is 0.369 e. The van der Waals surface area contributed by atoms with Crippen LogP contribution < -0.4 is 5.32 Å². The van der Waals surface area contributed by atoms with Crippen LogP contribution in [0, 0.1) is 11.3 Å². The van der Waals surface area contributed by atoms with E-state index in [9.17, 15) is 13.2 Å². The molecule has 0 radical (unpaired) electrons. The predicted molar refractivity (Wildman–Crippen MR) is 45.1 cm³/mol. The highest BCUT2D eigenvalue weighted by atomic mass is 19.4. The van der Waals surface area contributed by atoms with Crippen LogP contribution in [0.3, 0.4) is 0 Å². The van der Waals surface area contributed by atoms with Gasteiger partial charge in [0.1, 0.15) is 17.5 Å². The molecular weight excluding hydrogens is 209 g/mol. The third kappa shape index (κ3) is 1.52. The number of nitrogens with zero attached hydrogens (tertiary/aromatic N) is 3. The van der Waals surface area contributed by atoms with Crippen LogP contribution in [-0.2, 0) is 0 Å². The van der Waals surface area contributed by atoms with Crippen LogP contribution in [0.2, 0.25) is 0 Å². The Bertz CT molecular complexity index is 415. The number of halogens is 3. The van der Waals surface area contributed by atoms with Crippen molar-refractivity contribution in [3.05, 3.63) is 11.8 Å². The summed E-state index contributed by atoms with van der Waals surface area (Å²) in [6.45, 7) is 0.199. The molecule has 2 heterocycles. The lowest BCUT2D eigenvalue weighted by atomic mass is 10.1. The first-order valence-corrected chi connectivity index (χ1v) is 4.32. The maximum absolute atomic E-state index is 12.6. The van der Waals surface area contributed by atoms with Crippen LogP contribution in [0.4, 0.5) is 19.0 Å². The van der Waals surface area contributed by atoms with Crippen LogP contribution in [0.25, 0.3) is 0 Å². The van der Waals surface area contributed by atoms with Crippen molar-refractivity contribution in [1.29, 1.82) is 5.26 Å². The van der Waals surface area contributed by atoms with Crippen LogP contribution in [-0.4, -0.2) is 22.5 Å². The summed E-state index contributed by atoms with van der Waals surface area (Å²) >= 11 is 0. The molecule has 0 saturated carbocycles. The summed E-state index contributed by atoms with van der Waals surface area (Å²) in [4.78, 5) is 0. The standard InChI is InChI=1S/C8H7F3N4/c9-8(10,11)6-1-2-13-7-5(3-12)4-14-15(6)7/h4,6,13H,1-2H2. The Labute approximate surface area is 83.3 Å². The van der Waals surface area contributed by atoms with E-state index in [-0.39, 0.29) is 24.3 Å². The highest BCUT2D eigenvalue weighted by Gasteiger charge is 2.44. The Morgan fingerprint density at radius 2 is 2.33 bits per heavy atom. The second kappa shape index (κ2) is 3.15. The summed E-state index contributed by atoms with van der Waals surface area (Å²) in [6, 6.07) is 0.165. The lowest BCUT2D eigenvalue weighted by Gasteiger charge is -2.27. The van der Waals surface area contributed by atoms with Gasteiger partial charge in [0.05, 0.1) is 6.20 Å².